The Kier molecular flexibility index (Phi) is 8.10. The van der Waals surface area contributed by atoms with Gasteiger partial charge in [-0.2, -0.15) is 0 Å². The van der Waals surface area contributed by atoms with E-state index in [0.29, 0.717) is 0 Å². The highest BCUT2D eigenvalue weighted by molar-refractivity contribution is 5.38. The molecule has 1 heterocycles. The van der Waals surface area contributed by atoms with Gasteiger partial charge in [-0.15, -0.1) is 0 Å². The highest BCUT2D eigenvalue weighted by Gasteiger charge is 2.45. The monoisotopic (exact) mass is 409 g/mol. The molecule has 2 aromatic carbocycles. The Labute approximate surface area is 183 Å². The largest absolute Gasteiger partial charge is 0.379 e. The first-order chi connectivity index (χ1) is 14.6. The molecule has 0 radical (unpaired) electrons. The highest BCUT2D eigenvalue weighted by Crippen LogP contribution is 2.40. The van der Waals surface area contributed by atoms with Gasteiger partial charge < -0.3 is 9.59 Å². The van der Waals surface area contributed by atoms with Crippen molar-refractivity contribution in [3.05, 3.63) is 71.8 Å². The molecule has 0 aromatic heterocycles. The maximum Gasteiger partial charge on any atom is 0.130 e. The smallest absolute Gasteiger partial charge is 0.130 e. The van der Waals surface area contributed by atoms with Crippen LogP contribution in [0.3, 0.4) is 0 Å². The molecule has 30 heavy (non-hydrogen) atoms. The molecule has 2 aromatic rings. The number of benzene rings is 2. The minimum atomic E-state index is -0.963. The second kappa shape index (κ2) is 10.6. The lowest BCUT2D eigenvalue weighted by Gasteiger charge is -2.40. The first-order valence-electron chi connectivity index (χ1n) is 12.0. The quantitative estimate of drug-likeness (QED) is 0.415. The molecule has 1 aliphatic heterocycles. The van der Waals surface area contributed by atoms with Gasteiger partial charge in [0.05, 0.1) is 26.2 Å². The summed E-state index contributed by atoms with van der Waals surface area (Å²) in [6, 6.07) is 20.7. The van der Waals surface area contributed by atoms with Gasteiger partial charge in [-0.3, -0.25) is 4.90 Å². The molecule has 0 spiro atoms. The lowest BCUT2D eigenvalue weighted by Crippen LogP contribution is -2.49. The van der Waals surface area contributed by atoms with Crippen molar-refractivity contribution in [2.75, 3.05) is 39.3 Å². The number of aliphatic hydroxyl groups is 1. The number of nitrogens with zero attached hydrogens (tertiary/aromatic N) is 2. The molecule has 3 rings (SSSR count). The molecule has 164 valence electrons. The fraction of sp³-hybridized carbons (Fsp3) is 0.556. The first kappa shape index (κ1) is 23.0. The molecule has 1 fully saturated rings. The summed E-state index contributed by atoms with van der Waals surface area (Å²) in [6.07, 6.45) is 4.66. The summed E-state index contributed by atoms with van der Waals surface area (Å²) in [4.78, 5) is 2.55. The fourth-order valence-electron chi connectivity index (χ4n) is 5.41. The topological polar surface area (TPSA) is 23.5 Å². The molecule has 1 atom stereocenters. The van der Waals surface area contributed by atoms with Crippen LogP contribution in [0, 0.1) is 0 Å². The summed E-state index contributed by atoms with van der Waals surface area (Å²) in [5.41, 5.74) is 1.05. The van der Waals surface area contributed by atoms with Gasteiger partial charge in [0.2, 0.25) is 0 Å². The predicted molar refractivity (Wildman–Crippen MR) is 126 cm³/mol. The van der Waals surface area contributed by atoms with Gasteiger partial charge in [0.1, 0.15) is 5.60 Å². The number of unbranched alkanes of at least 4 members (excludes halogenated alkanes) is 1. The summed E-state index contributed by atoms with van der Waals surface area (Å²) in [6.45, 7) is 14.1. The minimum absolute atomic E-state index is 0.130. The average molecular weight is 410 g/mol. The van der Waals surface area contributed by atoms with E-state index in [1.165, 1.54) is 43.5 Å². The highest BCUT2D eigenvalue weighted by atomic mass is 16.3. The van der Waals surface area contributed by atoms with E-state index in [-0.39, 0.29) is 6.04 Å². The van der Waals surface area contributed by atoms with E-state index in [4.69, 9.17) is 0 Å². The zero-order valence-corrected chi connectivity index (χ0v) is 19.3. The molecule has 0 aliphatic carbocycles. The van der Waals surface area contributed by atoms with Crippen LogP contribution in [-0.4, -0.2) is 59.8 Å². The third-order valence-corrected chi connectivity index (χ3v) is 7.61. The second-order valence-electron chi connectivity index (χ2n) is 8.91. The van der Waals surface area contributed by atoms with Gasteiger partial charge in [0.15, 0.2) is 0 Å². The van der Waals surface area contributed by atoms with E-state index < -0.39 is 5.60 Å². The van der Waals surface area contributed by atoms with Crippen LogP contribution >= 0.6 is 0 Å². The molecular weight excluding hydrogens is 368 g/mol. The third-order valence-electron chi connectivity index (χ3n) is 7.61. The Hall–Kier alpha value is -1.68. The Morgan fingerprint density at radius 1 is 0.867 bits per heavy atom. The van der Waals surface area contributed by atoms with Gasteiger partial charge in [-0.1, -0.05) is 60.7 Å². The second-order valence-corrected chi connectivity index (χ2v) is 8.91. The van der Waals surface area contributed by atoms with Crippen LogP contribution in [-0.2, 0) is 5.60 Å². The number of quaternary nitrogens is 1. The molecule has 0 bridgehead atoms. The maximum atomic E-state index is 12.2. The number of likely N-dealkylation sites (tertiary alicyclic amines) is 1. The molecule has 0 unspecified atom stereocenters. The van der Waals surface area contributed by atoms with Crippen LogP contribution in [0.15, 0.2) is 60.7 Å². The summed E-state index contributed by atoms with van der Waals surface area (Å²) in [5.74, 6) is 0. The molecule has 0 saturated carbocycles. The molecule has 3 nitrogen and oxygen atoms in total. The number of rotatable bonds is 11. The van der Waals surface area contributed by atoms with Crippen molar-refractivity contribution in [2.45, 2.75) is 58.1 Å². The van der Waals surface area contributed by atoms with Gasteiger partial charge in [0, 0.05) is 6.04 Å². The van der Waals surface area contributed by atoms with Gasteiger partial charge in [-0.05, 0) is 70.7 Å². The lowest BCUT2D eigenvalue weighted by atomic mass is 9.79. The van der Waals surface area contributed by atoms with Crippen LogP contribution in [0.1, 0.15) is 57.6 Å². The van der Waals surface area contributed by atoms with E-state index in [9.17, 15) is 5.11 Å². The standard InChI is InChI=1S/C27H41N2O/c1-4-29(5-2,6-3)23-14-13-21-28-22-15-20-26(28)27(30,24-16-9-7-10-17-24)25-18-11-8-12-19-25/h7-12,16-19,26,30H,4-6,13-15,20-23H2,1-3H3/q+1/t26-/m0/s1. The number of hydrogen-bond donors (Lipinski definition) is 1. The van der Waals surface area contributed by atoms with E-state index in [2.05, 4.69) is 49.9 Å². The van der Waals surface area contributed by atoms with Crippen molar-refractivity contribution in [1.82, 2.24) is 4.90 Å². The van der Waals surface area contributed by atoms with Crippen molar-refractivity contribution in [3.63, 3.8) is 0 Å². The Morgan fingerprint density at radius 3 is 1.90 bits per heavy atom. The fourth-order valence-corrected chi connectivity index (χ4v) is 5.41. The van der Waals surface area contributed by atoms with E-state index >= 15 is 0 Å². The molecule has 1 aliphatic rings. The van der Waals surface area contributed by atoms with E-state index in [1.807, 2.05) is 36.4 Å². The van der Waals surface area contributed by atoms with Crippen LogP contribution in [0.5, 0.6) is 0 Å². The number of hydrogen-bond acceptors (Lipinski definition) is 2. The van der Waals surface area contributed by atoms with Crippen LogP contribution in [0.2, 0.25) is 0 Å². The van der Waals surface area contributed by atoms with Gasteiger partial charge in [0.25, 0.3) is 0 Å². The molecule has 1 N–H and O–H groups in total. The summed E-state index contributed by atoms with van der Waals surface area (Å²) >= 11 is 0. The molecule has 3 heteroatoms. The first-order valence-corrected chi connectivity index (χ1v) is 12.0. The van der Waals surface area contributed by atoms with Crippen molar-refractivity contribution < 1.29 is 9.59 Å². The Morgan fingerprint density at radius 2 is 1.40 bits per heavy atom. The van der Waals surface area contributed by atoms with Crippen molar-refractivity contribution in [3.8, 4) is 0 Å². The molecular formula is C27H41N2O+. The summed E-state index contributed by atoms with van der Waals surface area (Å²) in [7, 11) is 0. The SMILES string of the molecule is CC[N+](CC)(CC)CCCCN1CCC[C@H]1C(O)(c1ccccc1)c1ccccc1. The van der Waals surface area contributed by atoms with Crippen LogP contribution in [0.4, 0.5) is 0 Å². The minimum Gasteiger partial charge on any atom is -0.379 e. The molecule has 0 amide bonds. The summed E-state index contributed by atoms with van der Waals surface area (Å²) in [5, 5.41) is 12.2. The van der Waals surface area contributed by atoms with Crippen LogP contribution < -0.4 is 0 Å². The predicted octanol–water partition coefficient (Wildman–Crippen LogP) is 5.04. The van der Waals surface area contributed by atoms with Crippen molar-refractivity contribution in [2.24, 2.45) is 0 Å². The zero-order valence-electron chi connectivity index (χ0n) is 19.3. The van der Waals surface area contributed by atoms with Gasteiger partial charge >= 0.3 is 0 Å². The maximum absolute atomic E-state index is 12.2. The zero-order chi connectivity index (χ0) is 21.5. The van der Waals surface area contributed by atoms with Gasteiger partial charge in [-0.25, -0.2) is 0 Å². The van der Waals surface area contributed by atoms with Crippen molar-refractivity contribution in [1.29, 1.82) is 0 Å². The average Bonchev–Trinajstić information content (AvgIpc) is 3.29. The Bertz CT molecular complexity index is 694. The third kappa shape index (κ3) is 4.80. The summed E-state index contributed by atoms with van der Waals surface area (Å²) < 4.78 is 1.22. The van der Waals surface area contributed by atoms with E-state index in [0.717, 1.165) is 37.1 Å². The van der Waals surface area contributed by atoms with Crippen LogP contribution in [0.25, 0.3) is 0 Å². The Balaban J connectivity index is 1.75. The normalized spacial score (nSPS) is 18.1. The lowest BCUT2D eigenvalue weighted by molar-refractivity contribution is -0.923. The van der Waals surface area contributed by atoms with Crippen molar-refractivity contribution >= 4 is 0 Å². The van der Waals surface area contributed by atoms with E-state index in [1.54, 1.807) is 0 Å². The molecule has 1 saturated heterocycles.